The molecule has 24 heavy (non-hydrogen) atoms. The maximum absolute atomic E-state index is 12.9. The highest BCUT2D eigenvalue weighted by Crippen LogP contribution is 2.51. The monoisotopic (exact) mass is 384 g/mol. The van der Waals surface area contributed by atoms with Gasteiger partial charge in [-0.1, -0.05) is 15.9 Å². The van der Waals surface area contributed by atoms with Crippen molar-refractivity contribution >= 4 is 38.4 Å². The summed E-state index contributed by atoms with van der Waals surface area (Å²) in [6.45, 7) is 0. The second-order valence-electron chi connectivity index (χ2n) is 6.16. The maximum atomic E-state index is 12.9. The molecule has 1 heterocycles. The number of fused-ring (bicyclic) bond motifs is 1. The molecule has 0 saturated heterocycles. The Hall–Kier alpha value is -2.27. The van der Waals surface area contributed by atoms with Crippen LogP contribution in [0, 0.1) is 0 Å². The van der Waals surface area contributed by atoms with Gasteiger partial charge in [0.2, 0.25) is 5.91 Å². The first-order valence-electron chi connectivity index (χ1n) is 7.85. The number of hydrogen-bond donors (Lipinski definition) is 2. The zero-order chi connectivity index (χ0) is 16.7. The summed E-state index contributed by atoms with van der Waals surface area (Å²) in [5.74, 6) is 0.848. The minimum absolute atomic E-state index is 0.0496. The van der Waals surface area contributed by atoms with E-state index < -0.39 is 5.41 Å². The fraction of sp³-hybridized carbons (Fsp3) is 0.211. The van der Waals surface area contributed by atoms with Gasteiger partial charge in [0.1, 0.15) is 5.75 Å². The highest BCUT2D eigenvalue weighted by molar-refractivity contribution is 9.10. The first-order chi connectivity index (χ1) is 11.6. The van der Waals surface area contributed by atoms with Crippen LogP contribution in [0.1, 0.15) is 18.4 Å². The van der Waals surface area contributed by atoms with Crippen LogP contribution in [0.5, 0.6) is 5.75 Å². The molecule has 0 bridgehead atoms. The second-order valence-corrected chi connectivity index (χ2v) is 7.07. The number of benzene rings is 2. The Kier molecular flexibility index (Phi) is 3.61. The Morgan fingerprint density at radius 2 is 1.96 bits per heavy atom. The zero-order valence-corrected chi connectivity index (χ0v) is 14.8. The maximum Gasteiger partial charge on any atom is 0.235 e. The number of hydrogen-bond acceptors (Lipinski definition) is 2. The van der Waals surface area contributed by atoms with E-state index in [1.807, 2.05) is 48.7 Å². The lowest BCUT2D eigenvalue weighted by Crippen LogP contribution is -2.27. The average molecular weight is 385 g/mol. The summed E-state index contributed by atoms with van der Waals surface area (Å²) in [4.78, 5) is 16.2. The van der Waals surface area contributed by atoms with Gasteiger partial charge in [0, 0.05) is 27.3 Å². The molecule has 122 valence electrons. The third-order valence-electron chi connectivity index (χ3n) is 4.69. The third kappa shape index (κ3) is 2.49. The van der Waals surface area contributed by atoms with Gasteiger partial charge in [-0.25, -0.2) is 0 Å². The molecule has 1 saturated carbocycles. The molecule has 4 nitrogen and oxygen atoms in total. The standard InChI is InChI=1S/C19H17BrN2O2/c1-24-14-6-7-17-15(10-14)16(11-21-17)19(8-9-19)18(23)22-13-4-2-12(20)3-5-13/h2-7,10-11,21H,8-9H2,1H3,(H,22,23). The molecule has 1 aliphatic carbocycles. The molecule has 4 rings (SSSR count). The number of methoxy groups -OCH3 is 1. The summed E-state index contributed by atoms with van der Waals surface area (Å²) in [7, 11) is 1.65. The minimum Gasteiger partial charge on any atom is -0.497 e. The highest BCUT2D eigenvalue weighted by Gasteiger charge is 2.52. The van der Waals surface area contributed by atoms with Crippen LogP contribution in [0.4, 0.5) is 5.69 Å². The Labute approximate surface area is 148 Å². The lowest BCUT2D eigenvalue weighted by atomic mass is 9.94. The molecule has 0 atom stereocenters. The number of carbonyl (C=O) groups excluding carboxylic acids is 1. The summed E-state index contributed by atoms with van der Waals surface area (Å²) in [5, 5.41) is 4.10. The molecule has 5 heteroatoms. The molecule has 3 aromatic rings. The molecule has 0 radical (unpaired) electrons. The van der Waals surface area contributed by atoms with Gasteiger partial charge in [0.15, 0.2) is 0 Å². The molecule has 2 aromatic carbocycles. The quantitative estimate of drug-likeness (QED) is 0.689. The van der Waals surface area contributed by atoms with Crippen LogP contribution in [0.3, 0.4) is 0 Å². The molecule has 0 spiro atoms. The number of amides is 1. The third-order valence-corrected chi connectivity index (χ3v) is 5.22. The number of rotatable bonds is 4. The van der Waals surface area contributed by atoms with Crippen LogP contribution in [0.15, 0.2) is 53.1 Å². The molecular formula is C19H17BrN2O2. The van der Waals surface area contributed by atoms with Crippen molar-refractivity contribution in [2.24, 2.45) is 0 Å². The van der Waals surface area contributed by atoms with Crippen molar-refractivity contribution < 1.29 is 9.53 Å². The van der Waals surface area contributed by atoms with Gasteiger partial charge in [-0.05, 0) is 60.9 Å². The summed E-state index contributed by atoms with van der Waals surface area (Å²) >= 11 is 3.41. The van der Waals surface area contributed by atoms with Crippen LogP contribution < -0.4 is 10.1 Å². The molecule has 0 aliphatic heterocycles. The lowest BCUT2D eigenvalue weighted by Gasteiger charge is -2.15. The van der Waals surface area contributed by atoms with E-state index >= 15 is 0 Å². The predicted molar refractivity (Wildman–Crippen MR) is 98.5 cm³/mol. The van der Waals surface area contributed by atoms with Crippen LogP contribution in [0.2, 0.25) is 0 Å². The van der Waals surface area contributed by atoms with Crippen LogP contribution in [-0.2, 0) is 10.2 Å². The number of anilines is 1. The topological polar surface area (TPSA) is 54.1 Å². The van der Waals surface area contributed by atoms with Gasteiger partial charge in [-0.15, -0.1) is 0 Å². The lowest BCUT2D eigenvalue weighted by molar-refractivity contribution is -0.118. The van der Waals surface area contributed by atoms with Crippen molar-refractivity contribution in [1.82, 2.24) is 4.98 Å². The van der Waals surface area contributed by atoms with Crippen LogP contribution in [0.25, 0.3) is 10.9 Å². The molecule has 0 unspecified atom stereocenters. The van der Waals surface area contributed by atoms with Gasteiger partial charge in [0.25, 0.3) is 0 Å². The van der Waals surface area contributed by atoms with Crippen molar-refractivity contribution in [3.63, 3.8) is 0 Å². The second kappa shape index (κ2) is 5.67. The number of aromatic amines is 1. The molecule has 1 fully saturated rings. The summed E-state index contributed by atoms with van der Waals surface area (Å²) in [6, 6.07) is 13.5. The predicted octanol–water partition coefficient (Wildman–Crippen LogP) is 4.61. The fourth-order valence-electron chi connectivity index (χ4n) is 3.15. The highest BCUT2D eigenvalue weighted by atomic mass is 79.9. The number of nitrogens with one attached hydrogen (secondary N) is 2. The molecular weight excluding hydrogens is 368 g/mol. The Bertz CT molecular complexity index is 911. The zero-order valence-electron chi connectivity index (χ0n) is 13.2. The van der Waals surface area contributed by atoms with Crippen molar-refractivity contribution in [3.05, 3.63) is 58.7 Å². The minimum atomic E-state index is -0.447. The van der Waals surface area contributed by atoms with Gasteiger partial charge in [-0.3, -0.25) is 4.79 Å². The van der Waals surface area contributed by atoms with E-state index in [1.54, 1.807) is 7.11 Å². The molecule has 1 aliphatic rings. The molecule has 1 amide bonds. The van der Waals surface area contributed by atoms with Gasteiger partial charge >= 0.3 is 0 Å². The first kappa shape index (κ1) is 15.3. The van der Waals surface area contributed by atoms with Gasteiger partial charge in [-0.2, -0.15) is 0 Å². The van der Waals surface area contributed by atoms with Crippen molar-refractivity contribution in [1.29, 1.82) is 0 Å². The fourth-order valence-corrected chi connectivity index (χ4v) is 3.41. The molecule has 1 aromatic heterocycles. The Balaban J connectivity index is 1.67. The van der Waals surface area contributed by atoms with Crippen LogP contribution in [-0.4, -0.2) is 18.0 Å². The number of halogens is 1. The number of carbonyl (C=O) groups is 1. The van der Waals surface area contributed by atoms with E-state index in [4.69, 9.17) is 4.74 Å². The van der Waals surface area contributed by atoms with E-state index in [1.165, 1.54) is 0 Å². The van der Waals surface area contributed by atoms with Crippen molar-refractivity contribution in [2.45, 2.75) is 18.3 Å². The van der Waals surface area contributed by atoms with E-state index in [2.05, 4.69) is 26.2 Å². The smallest absolute Gasteiger partial charge is 0.235 e. The number of ether oxygens (including phenoxy) is 1. The van der Waals surface area contributed by atoms with Crippen LogP contribution >= 0.6 is 15.9 Å². The van der Waals surface area contributed by atoms with E-state index in [9.17, 15) is 4.79 Å². The van der Waals surface area contributed by atoms with E-state index in [0.29, 0.717) is 0 Å². The Morgan fingerprint density at radius 1 is 1.21 bits per heavy atom. The summed E-state index contributed by atoms with van der Waals surface area (Å²) in [6.07, 6.45) is 3.68. The Morgan fingerprint density at radius 3 is 2.62 bits per heavy atom. The van der Waals surface area contributed by atoms with E-state index in [0.717, 1.165) is 45.2 Å². The van der Waals surface area contributed by atoms with Crippen molar-refractivity contribution in [2.75, 3.05) is 12.4 Å². The van der Waals surface area contributed by atoms with E-state index in [-0.39, 0.29) is 5.91 Å². The first-order valence-corrected chi connectivity index (χ1v) is 8.64. The van der Waals surface area contributed by atoms with Crippen molar-refractivity contribution in [3.8, 4) is 5.75 Å². The average Bonchev–Trinajstić information content (AvgIpc) is 3.30. The SMILES string of the molecule is COc1ccc2[nH]cc(C3(C(=O)Nc4ccc(Br)cc4)CC3)c2c1. The number of aromatic nitrogens is 1. The molecule has 2 N–H and O–H groups in total. The summed E-state index contributed by atoms with van der Waals surface area (Å²) < 4.78 is 6.32. The summed E-state index contributed by atoms with van der Waals surface area (Å²) in [5.41, 5.74) is 2.43. The largest absolute Gasteiger partial charge is 0.497 e. The normalized spacial score (nSPS) is 15.2. The number of H-pyrrole nitrogens is 1. The van der Waals surface area contributed by atoms with Gasteiger partial charge in [0.05, 0.1) is 12.5 Å². The van der Waals surface area contributed by atoms with Gasteiger partial charge < -0.3 is 15.0 Å².